The third-order valence-electron chi connectivity index (χ3n) is 3.72. The number of carbonyl (C=O) groups excluding carboxylic acids is 2. The quantitative estimate of drug-likeness (QED) is 0.603. The first-order valence-electron chi connectivity index (χ1n) is 7.03. The molecule has 1 aromatic rings. The van der Waals surface area contributed by atoms with Crippen molar-refractivity contribution in [3.05, 3.63) is 34.4 Å². The van der Waals surface area contributed by atoms with E-state index in [4.69, 9.17) is 5.73 Å². The predicted octanol–water partition coefficient (Wildman–Crippen LogP) is 0.413. The van der Waals surface area contributed by atoms with Crippen LogP contribution in [0.1, 0.15) is 12.8 Å². The van der Waals surface area contributed by atoms with Gasteiger partial charge in [0.05, 0.1) is 11.5 Å². The summed E-state index contributed by atoms with van der Waals surface area (Å²) in [5.74, 6) is -0.968. The zero-order valence-corrected chi connectivity index (χ0v) is 12.0. The Morgan fingerprint density at radius 2 is 1.95 bits per heavy atom. The molecule has 1 aliphatic rings. The lowest BCUT2D eigenvalue weighted by Crippen LogP contribution is -2.42. The Kier molecular flexibility index (Phi) is 4.92. The van der Waals surface area contributed by atoms with Gasteiger partial charge in [-0.1, -0.05) is 12.1 Å². The zero-order chi connectivity index (χ0) is 16.1. The normalized spacial score (nSPS) is 15.4. The zero-order valence-electron chi connectivity index (χ0n) is 12.0. The van der Waals surface area contributed by atoms with Crippen molar-refractivity contribution in [2.75, 3.05) is 24.5 Å². The van der Waals surface area contributed by atoms with E-state index in [-0.39, 0.29) is 24.1 Å². The number of amides is 2. The van der Waals surface area contributed by atoms with E-state index < -0.39 is 10.8 Å². The molecule has 1 heterocycles. The molecule has 1 aliphatic heterocycles. The number of carbonyl (C=O) groups is 2. The van der Waals surface area contributed by atoms with Gasteiger partial charge in [-0.2, -0.15) is 0 Å². The predicted molar refractivity (Wildman–Crippen MR) is 80.2 cm³/mol. The number of hydrogen-bond donors (Lipinski definition) is 2. The van der Waals surface area contributed by atoms with Crippen LogP contribution in [0.15, 0.2) is 24.3 Å². The third kappa shape index (κ3) is 3.72. The van der Waals surface area contributed by atoms with Crippen LogP contribution in [0.4, 0.5) is 11.4 Å². The van der Waals surface area contributed by atoms with E-state index in [1.165, 1.54) is 6.07 Å². The molecule has 118 valence electrons. The van der Waals surface area contributed by atoms with E-state index in [2.05, 4.69) is 5.32 Å². The summed E-state index contributed by atoms with van der Waals surface area (Å²) in [7, 11) is 0. The van der Waals surface area contributed by atoms with Gasteiger partial charge in [0, 0.05) is 25.1 Å². The number of nitrogens with one attached hydrogen (secondary N) is 1. The average molecular weight is 306 g/mol. The van der Waals surface area contributed by atoms with Gasteiger partial charge < -0.3 is 16.0 Å². The molecular weight excluding hydrogens is 288 g/mol. The standard InChI is InChI=1S/C14H18N4O4/c15-13(19)9-16-14(20)10-5-7-17(8-6-10)11-3-1-2-4-12(11)18(21)22/h1-4,10H,5-9H2,(H2,15,19)(H,16,20). The van der Waals surface area contributed by atoms with Gasteiger partial charge in [0.15, 0.2) is 0 Å². The van der Waals surface area contributed by atoms with Crippen molar-refractivity contribution in [3.8, 4) is 0 Å². The van der Waals surface area contributed by atoms with Gasteiger partial charge in [0.25, 0.3) is 5.69 Å². The van der Waals surface area contributed by atoms with Crippen LogP contribution >= 0.6 is 0 Å². The Morgan fingerprint density at radius 1 is 1.32 bits per heavy atom. The van der Waals surface area contributed by atoms with Gasteiger partial charge in [-0.3, -0.25) is 19.7 Å². The number of anilines is 1. The maximum atomic E-state index is 11.9. The maximum Gasteiger partial charge on any atom is 0.292 e. The number of primary amides is 1. The molecule has 1 fully saturated rings. The highest BCUT2D eigenvalue weighted by Crippen LogP contribution is 2.31. The first-order chi connectivity index (χ1) is 10.5. The number of rotatable bonds is 5. The van der Waals surface area contributed by atoms with Gasteiger partial charge in [-0.05, 0) is 18.9 Å². The van der Waals surface area contributed by atoms with Crippen molar-refractivity contribution in [1.82, 2.24) is 5.32 Å². The molecule has 22 heavy (non-hydrogen) atoms. The summed E-state index contributed by atoms with van der Waals surface area (Å²) in [6.45, 7) is 0.947. The average Bonchev–Trinajstić information content (AvgIpc) is 2.52. The molecule has 2 rings (SSSR count). The van der Waals surface area contributed by atoms with Crippen LogP contribution in [0, 0.1) is 16.0 Å². The molecule has 0 saturated carbocycles. The van der Waals surface area contributed by atoms with Crippen LogP contribution in [-0.4, -0.2) is 36.4 Å². The number of nitro groups is 1. The van der Waals surface area contributed by atoms with E-state index >= 15 is 0 Å². The lowest BCUT2D eigenvalue weighted by atomic mass is 9.95. The van der Waals surface area contributed by atoms with Crippen LogP contribution in [0.3, 0.4) is 0 Å². The van der Waals surface area contributed by atoms with Crippen molar-refractivity contribution < 1.29 is 14.5 Å². The van der Waals surface area contributed by atoms with Gasteiger partial charge in [0.2, 0.25) is 11.8 Å². The minimum absolute atomic E-state index is 0.0686. The van der Waals surface area contributed by atoms with Gasteiger partial charge in [0.1, 0.15) is 5.69 Å². The topological polar surface area (TPSA) is 119 Å². The first-order valence-corrected chi connectivity index (χ1v) is 7.03. The summed E-state index contributed by atoms with van der Waals surface area (Å²) in [4.78, 5) is 35.1. The second-order valence-corrected chi connectivity index (χ2v) is 5.19. The van der Waals surface area contributed by atoms with Crippen molar-refractivity contribution >= 4 is 23.2 Å². The molecule has 0 atom stereocenters. The second kappa shape index (κ2) is 6.88. The molecule has 0 unspecified atom stereocenters. The van der Waals surface area contributed by atoms with Gasteiger partial charge in [-0.15, -0.1) is 0 Å². The van der Waals surface area contributed by atoms with Crippen molar-refractivity contribution in [2.24, 2.45) is 11.7 Å². The number of nitrogens with two attached hydrogens (primary N) is 1. The number of nitro benzene ring substituents is 1. The highest BCUT2D eigenvalue weighted by Gasteiger charge is 2.27. The van der Waals surface area contributed by atoms with E-state index in [0.717, 1.165) is 0 Å². The summed E-state index contributed by atoms with van der Waals surface area (Å²) in [5, 5.41) is 13.6. The monoisotopic (exact) mass is 306 g/mol. The molecule has 8 heteroatoms. The number of para-hydroxylation sites is 2. The largest absolute Gasteiger partial charge is 0.368 e. The SMILES string of the molecule is NC(=O)CNC(=O)C1CCN(c2ccccc2[N+](=O)[O-])CC1. The highest BCUT2D eigenvalue weighted by atomic mass is 16.6. The van der Waals surface area contributed by atoms with E-state index in [9.17, 15) is 19.7 Å². The summed E-state index contributed by atoms with van der Waals surface area (Å²) in [5.41, 5.74) is 5.63. The lowest BCUT2D eigenvalue weighted by molar-refractivity contribution is -0.384. The summed E-state index contributed by atoms with van der Waals surface area (Å²) in [6, 6.07) is 6.58. The maximum absolute atomic E-state index is 11.9. The molecule has 0 bridgehead atoms. The molecule has 1 aromatic carbocycles. The molecule has 0 spiro atoms. The molecule has 0 radical (unpaired) electrons. The fraction of sp³-hybridized carbons (Fsp3) is 0.429. The van der Waals surface area contributed by atoms with E-state index in [1.807, 2.05) is 4.90 Å². The van der Waals surface area contributed by atoms with Crippen LogP contribution in [-0.2, 0) is 9.59 Å². The Hall–Kier alpha value is -2.64. The molecule has 8 nitrogen and oxygen atoms in total. The highest BCUT2D eigenvalue weighted by molar-refractivity contribution is 5.85. The fourth-order valence-electron chi connectivity index (χ4n) is 2.59. The fourth-order valence-corrected chi connectivity index (χ4v) is 2.59. The minimum Gasteiger partial charge on any atom is -0.368 e. The Morgan fingerprint density at radius 3 is 2.55 bits per heavy atom. The molecule has 2 amide bonds. The molecule has 0 aromatic heterocycles. The Balaban J connectivity index is 1.96. The van der Waals surface area contributed by atoms with Crippen molar-refractivity contribution in [2.45, 2.75) is 12.8 Å². The number of hydrogen-bond acceptors (Lipinski definition) is 5. The number of benzene rings is 1. The molecular formula is C14H18N4O4. The van der Waals surface area contributed by atoms with E-state index in [1.54, 1.807) is 18.2 Å². The summed E-state index contributed by atoms with van der Waals surface area (Å²) >= 11 is 0. The van der Waals surface area contributed by atoms with E-state index in [0.29, 0.717) is 31.6 Å². The van der Waals surface area contributed by atoms with Crippen LogP contribution in [0.5, 0.6) is 0 Å². The van der Waals surface area contributed by atoms with Crippen LogP contribution in [0.25, 0.3) is 0 Å². The molecule has 3 N–H and O–H groups in total. The van der Waals surface area contributed by atoms with Crippen molar-refractivity contribution in [1.29, 1.82) is 0 Å². The van der Waals surface area contributed by atoms with Crippen molar-refractivity contribution in [3.63, 3.8) is 0 Å². The smallest absolute Gasteiger partial charge is 0.292 e. The summed E-state index contributed by atoms with van der Waals surface area (Å²) in [6.07, 6.45) is 1.16. The molecule has 1 saturated heterocycles. The number of nitrogens with zero attached hydrogens (tertiary/aromatic N) is 2. The minimum atomic E-state index is -0.578. The van der Waals surface area contributed by atoms with Gasteiger partial charge >= 0.3 is 0 Å². The summed E-state index contributed by atoms with van der Waals surface area (Å²) < 4.78 is 0. The second-order valence-electron chi connectivity index (χ2n) is 5.19. The van der Waals surface area contributed by atoms with Crippen LogP contribution < -0.4 is 16.0 Å². The lowest BCUT2D eigenvalue weighted by Gasteiger charge is -2.32. The first kappa shape index (κ1) is 15.7. The molecule has 0 aliphatic carbocycles. The van der Waals surface area contributed by atoms with Crippen LogP contribution in [0.2, 0.25) is 0 Å². The Labute approximate surface area is 127 Å². The Bertz CT molecular complexity index is 582. The van der Waals surface area contributed by atoms with Gasteiger partial charge in [-0.25, -0.2) is 0 Å². The number of piperidine rings is 1. The third-order valence-corrected chi connectivity index (χ3v) is 3.72.